The van der Waals surface area contributed by atoms with Crippen molar-refractivity contribution in [3.63, 3.8) is 0 Å². The van der Waals surface area contributed by atoms with Gasteiger partial charge in [0.05, 0.1) is 22.3 Å². The summed E-state index contributed by atoms with van der Waals surface area (Å²) in [6.07, 6.45) is 0. The molecule has 1 aliphatic rings. The molecular weight excluding hydrogens is 383 g/mol. The predicted octanol–water partition coefficient (Wildman–Crippen LogP) is 1.94. The molecule has 1 amide bonds. The third-order valence-electron chi connectivity index (χ3n) is 3.84. The maximum absolute atomic E-state index is 12.9. The number of hydrogen-bond donors (Lipinski definition) is 1. The van der Waals surface area contributed by atoms with Crippen LogP contribution in [0.5, 0.6) is 0 Å². The summed E-state index contributed by atoms with van der Waals surface area (Å²) in [5.74, 6) is -1.98. The van der Waals surface area contributed by atoms with Gasteiger partial charge in [-0.25, -0.2) is 25.5 Å². The van der Waals surface area contributed by atoms with Crippen LogP contribution in [0.1, 0.15) is 6.92 Å². The number of nitrogens with zero attached hydrogens (tertiary/aromatic N) is 1. The molecule has 0 aromatic heterocycles. The lowest BCUT2D eigenvalue weighted by Gasteiger charge is -2.16. The first kappa shape index (κ1) is 18.3. The van der Waals surface area contributed by atoms with Crippen LogP contribution in [0.15, 0.2) is 53.4 Å². The molecule has 138 valence electrons. The average Bonchev–Trinajstić information content (AvgIpc) is 2.77. The molecule has 1 heterocycles. The summed E-state index contributed by atoms with van der Waals surface area (Å²) >= 11 is 0. The van der Waals surface area contributed by atoms with Gasteiger partial charge in [0.1, 0.15) is 5.82 Å². The van der Waals surface area contributed by atoms with Crippen molar-refractivity contribution in [1.29, 1.82) is 0 Å². The highest BCUT2D eigenvalue weighted by Crippen LogP contribution is 2.29. The third-order valence-corrected chi connectivity index (χ3v) is 7.10. The summed E-state index contributed by atoms with van der Waals surface area (Å²) in [5.41, 5.74) is 0.265. The largest absolute Gasteiger partial charge is 0.280 e. The molecule has 1 fully saturated rings. The van der Waals surface area contributed by atoms with E-state index in [0.717, 1.165) is 12.1 Å². The van der Waals surface area contributed by atoms with Gasteiger partial charge in [-0.2, -0.15) is 0 Å². The van der Waals surface area contributed by atoms with Gasteiger partial charge in [0.25, 0.3) is 10.0 Å². The second kappa shape index (κ2) is 6.36. The van der Waals surface area contributed by atoms with E-state index in [1.807, 2.05) is 0 Å². The quantitative estimate of drug-likeness (QED) is 0.848. The Kier molecular flexibility index (Phi) is 4.49. The molecule has 1 saturated heterocycles. The zero-order valence-electron chi connectivity index (χ0n) is 13.6. The number of benzene rings is 2. The third kappa shape index (κ3) is 3.42. The summed E-state index contributed by atoms with van der Waals surface area (Å²) in [4.78, 5) is 11.9. The Bertz CT molecular complexity index is 1050. The highest BCUT2D eigenvalue weighted by Gasteiger charge is 2.41. The number of halogens is 1. The number of carbonyl (C=O) groups is 1. The lowest BCUT2D eigenvalue weighted by atomic mass is 10.2. The number of nitrogens with one attached hydrogen (secondary N) is 1. The Morgan fingerprint density at radius 1 is 1.08 bits per heavy atom. The van der Waals surface area contributed by atoms with Gasteiger partial charge in [0.15, 0.2) is 0 Å². The fourth-order valence-electron chi connectivity index (χ4n) is 2.58. The smallest absolute Gasteiger partial charge is 0.261 e. The van der Waals surface area contributed by atoms with E-state index in [4.69, 9.17) is 0 Å². The van der Waals surface area contributed by atoms with Gasteiger partial charge in [-0.3, -0.25) is 9.52 Å². The molecule has 1 atom stereocenters. The van der Waals surface area contributed by atoms with Crippen LogP contribution in [-0.4, -0.2) is 28.5 Å². The van der Waals surface area contributed by atoms with Crippen LogP contribution in [0.2, 0.25) is 0 Å². The van der Waals surface area contributed by atoms with Crippen LogP contribution in [0.25, 0.3) is 0 Å². The number of hydrogen-bond acceptors (Lipinski definition) is 5. The molecule has 0 aliphatic carbocycles. The maximum atomic E-state index is 12.9. The van der Waals surface area contributed by atoms with Crippen LogP contribution in [0, 0.1) is 11.7 Å². The first-order chi connectivity index (χ1) is 12.1. The van der Waals surface area contributed by atoms with E-state index in [9.17, 15) is 26.0 Å². The van der Waals surface area contributed by atoms with E-state index in [0.29, 0.717) is 4.31 Å². The zero-order valence-corrected chi connectivity index (χ0v) is 15.2. The molecule has 0 unspecified atom stereocenters. The molecule has 26 heavy (non-hydrogen) atoms. The van der Waals surface area contributed by atoms with Crippen molar-refractivity contribution in [1.82, 2.24) is 0 Å². The maximum Gasteiger partial charge on any atom is 0.261 e. The van der Waals surface area contributed by atoms with E-state index in [-0.39, 0.29) is 22.0 Å². The van der Waals surface area contributed by atoms with Crippen molar-refractivity contribution in [3.05, 3.63) is 54.3 Å². The topological polar surface area (TPSA) is 101 Å². The van der Waals surface area contributed by atoms with E-state index in [2.05, 4.69) is 4.72 Å². The average molecular weight is 398 g/mol. The molecule has 7 nitrogen and oxygen atoms in total. The molecule has 1 aliphatic heterocycles. The van der Waals surface area contributed by atoms with Gasteiger partial charge < -0.3 is 0 Å². The van der Waals surface area contributed by atoms with E-state index in [1.54, 1.807) is 0 Å². The molecule has 2 aromatic rings. The molecule has 0 bridgehead atoms. The van der Waals surface area contributed by atoms with Gasteiger partial charge in [0.2, 0.25) is 15.9 Å². The Morgan fingerprint density at radius 3 is 2.15 bits per heavy atom. The van der Waals surface area contributed by atoms with Gasteiger partial charge in [-0.1, -0.05) is 6.92 Å². The van der Waals surface area contributed by atoms with Crippen LogP contribution >= 0.6 is 0 Å². The van der Waals surface area contributed by atoms with Crippen LogP contribution < -0.4 is 9.03 Å². The Labute approximate surface area is 150 Å². The van der Waals surface area contributed by atoms with Crippen LogP contribution in [0.4, 0.5) is 15.8 Å². The number of carbonyl (C=O) groups excluding carboxylic acids is 1. The van der Waals surface area contributed by atoms with Crippen molar-refractivity contribution in [3.8, 4) is 0 Å². The monoisotopic (exact) mass is 398 g/mol. The number of rotatable bonds is 4. The summed E-state index contributed by atoms with van der Waals surface area (Å²) in [5, 5.41) is 0. The van der Waals surface area contributed by atoms with Crippen molar-refractivity contribution < 1.29 is 26.0 Å². The first-order valence-electron chi connectivity index (χ1n) is 7.55. The predicted molar refractivity (Wildman–Crippen MR) is 94.1 cm³/mol. The van der Waals surface area contributed by atoms with Crippen molar-refractivity contribution in [2.24, 2.45) is 5.92 Å². The lowest BCUT2D eigenvalue weighted by Crippen LogP contribution is -2.30. The molecule has 1 N–H and O–H groups in total. The molecule has 0 saturated carbocycles. The zero-order chi connectivity index (χ0) is 19.1. The van der Waals surface area contributed by atoms with Gasteiger partial charge in [0, 0.05) is 5.69 Å². The van der Waals surface area contributed by atoms with Crippen LogP contribution in [0.3, 0.4) is 0 Å². The molecule has 10 heteroatoms. The van der Waals surface area contributed by atoms with Crippen LogP contribution in [-0.2, 0) is 24.8 Å². The standard InChI is InChI=1S/C16H15FN2O5S2/c1-11-10-25(21,22)19(16(11)20)14-6-8-15(9-7-14)26(23,24)18-13-4-2-12(17)3-5-13/h2-9,11,18H,10H2,1H3/t11-/m0/s1. The fourth-order valence-corrected chi connectivity index (χ4v) is 5.46. The number of anilines is 2. The summed E-state index contributed by atoms with van der Waals surface area (Å²) in [6.45, 7) is 1.52. The number of sulfonamides is 2. The van der Waals surface area contributed by atoms with E-state index in [1.165, 1.54) is 43.3 Å². The van der Waals surface area contributed by atoms with E-state index < -0.39 is 37.7 Å². The van der Waals surface area contributed by atoms with Gasteiger partial charge in [-0.05, 0) is 48.5 Å². The minimum absolute atomic E-state index is 0.0834. The molecule has 0 radical (unpaired) electrons. The lowest BCUT2D eigenvalue weighted by molar-refractivity contribution is -0.119. The Morgan fingerprint density at radius 2 is 1.65 bits per heavy atom. The molecular formula is C16H15FN2O5S2. The van der Waals surface area contributed by atoms with Gasteiger partial charge >= 0.3 is 0 Å². The second-order valence-corrected chi connectivity index (χ2v) is 9.43. The van der Waals surface area contributed by atoms with Crippen molar-refractivity contribution in [2.75, 3.05) is 14.8 Å². The SMILES string of the molecule is C[C@H]1CS(=O)(=O)N(c2ccc(S(=O)(=O)Nc3ccc(F)cc3)cc2)C1=O. The molecule has 0 spiro atoms. The second-order valence-electron chi connectivity index (χ2n) is 5.89. The highest BCUT2D eigenvalue weighted by atomic mass is 32.2. The van der Waals surface area contributed by atoms with E-state index >= 15 is 0 Å². The minimum atomic E-state index is -3.94. The first-order valence-corrected chi connectivity index (χ1v) is 10.6. The summed E-state index contributed by atoms with van der Waals surface area (Å²) in [6, 6.07) is 9.70. The number of amides is 1. The minimum Gasteiger partial charge on any atom is -0.280 e. The van der Waals surface area contributed by atoms with Gasteiger partial charge in [-0.15, -0.1) is 0 Å². The van der Waals surface area contributed by atoms with Crippen molar-refractivity contribution >= 4 is 37.3 Å². The summed E-state index contributed by atoms with van der Waals surface area (Å²) in [7, 11) is -7.70. The highest BCUT2D eigenvalue weighted by molar-refractivity contribution is 7.94. The molecule has 3 rings (SSSR count). The Hall–Kier alpha value is -2.46. The van der Waals surface area contributed by atoms with Crippen molar-refractivity contribution in [2.45, 2.75) is 11.8 Å². The fraction of sp³-hybridized carbons (Fsp3) is 0.188. The Balaban J connectivity index is 1.87. The molecule has 2 aromatic carbocycles. The normalized spacial score (nSPS) is 19.5. The summed E-state index contributed by atoms with van der Waals surface area (Å²) < 4.78 is 64.8.